The van der Waals surface area contributed by atoms with Gasteiger partial charge in [-0.1, -0.05) is 6.07 Å². The summed E-state index contributed by atoms with van der Waals surface area (Å²) in [5.74, 6) is 1.04. The molecule has 6 heteroatoms. The van der Waals surface area contributed by atoms with Gasteiger partial charge in [0.25, 0.3) is 5.91 Å². The van der Waals surface area contributed by atoms with Gasteiger partial charge in [-0.15, -0.1) is 0 Å². The Bertz CT molecular complexity index is 1270. The van der Waals surface area contributed by atoms with Gasteiger partial charge in [0.15, 0.2) is 0 Å². The Morgan fingerprint density at radius 3 is 2.69 bits per heavy atom. The van der Waals surface area contributed by atoms with Gasteiger partial charge in [-0.2, -0.15) is 0 Å². The lowest BCUT2D eigenvalue weighted by Gasteiger charge is -2.27. The topological polar surface area (TPSA) is 58.1 Å². The van der Waals surface area contributed by atoms with Crippen LogP contribution in [0, 0.1) is 6.92 Å². The highest BCUT2D eigenvalue weighted by Gasteiger charge is 2.14. The lowest BCUT2D eigenvalue weighted by Crippen LogP contribution is -2.21. The first kappa shape index (κ1) is 20.5. The minimum Gasteiger partial charge on any atom is -0.322 e. The molecule has 0 unspecified atom stereocenters. The Morgan fingerprint density at radius 1 is 1.00 bits per heavy atom. The number of amides is 1. The Labute approximate surface area is 192 Å². The molecule has 4 aromatic rings. The maximum absolute atomic E-state index is 12.9. The Balaban J connectivity index is 1.35. The number of anilines is 2. The summed E-state index contributed by atoms with van der Waals surface area (Å²) in [7, 11) is 0. The SMILES string of the molecule is Cc1ccc(NC(=O)c2ccc(N3CCCCS3)cc2)cc1-c1ccc2ncccc2n1. The van der Waals surface area contributed by atoms with E-state index in [1.807, 2.05) is 85.6 Å². The third-order valence-corrected chi connectivity index (χ3v) is 6.82. The zero-order chi connectivity index (χ0) is 21.9. The second kappa shape index (κ2) is 9.01. The van der Waals surface area contributed by atoms with E-state index in [1.165, 1.54) is 12.8 Å². The third-order valence-electron chi connectivity index (χ3n) is 5.65. The second-order valence-corrected chi connectivity index (χ2v) is 9.02. The highest BCUT2D eigenvalue weighted by Crippen LogP contribution is 2.29. The van der Waals surface area contributed by atoms with Gasteiger partial charge in [0, 0.05) is 41.0 Å². The number of aromatic nitrogens is 2. The summed E-state index contributed by atoms with van der Waals surface area (Å²) in [6.07, 6.45) is 4.25. The van der Waals surface area contributed by atoms with E-state index in [0.717, 1.165) is 51.5 Å². The van der Waals surface area contributed by atoms with Gasteiger partial charge in [0.2, 0.25) is 0 Å². The van der Waals surface area contributed by atoms with Crippen molar-refractivity contribution in [3.8, 4) is 11.3 Å². The van der Waals surface area contributed by atoms with Gasteiger partial charge in [-0.05, 0) is 97.9 Å². The van der Waals surface area contributed by atoms with Crippen LogP contribution in [0.4, 0.5) is 11.4 Å². The zero-order valence-electron chi connectivity index (χ0n) is 17.9. The summed E-state index contributed by atoms with van der Waals surface area (Å²) in [4.78, 5) is 22.0. The molecule has 1 N–H and O–H groups in total. The fourth-order valence-electron chi connectivity index (χ4n) is 3.87. The number of fused-ring (bicyclic) bond motifs is 1. The van der Waals surface area contributed by atoms with E-state index in [0.29, 0.717) is 5.56 Å². The van der Waals surface area contributed by atoms with Gasteiger partial charge in [-0.3, -0.25) is 9.78 Å². The Hall–Kier alpha value is -3.38. The monoisotopic (exact) mass is 440 g/mol. The maximum atomic E-state index is 12.9. The average molecular weight is 441 g/mol. The molecule has 0 radical (unpaired) electrons. The normalized spacial score (nSPS) is 13.8. The Kier molecular flexibility index (Phi) is 5.77. The molecule has 3 heterocycles. The van der Waals surface area contributed by atoms with E-state index >= 15 is 0 Å². The van der Waals surface area contributed by atoms with E-state index < -0.39 is 0 Å². The molecule has 2 aromatic heterocycles. The van der Waals surface area contributed by atoms with Crippen molar-refractivity contribution in [1.82, 2.24) is 9.97 Å². The highest BCUT2D eigenvalue weighted by atomic mass is 32.2. The molecule has 0 aliphatic carbocycles. The number of carbonyl (C=O) groups excluding carboxylic acids is 1. The van der Waals surface area contributed by atoms with Crippen LogP contribution < -0.4 is 9.62 Å². The van der Waals surface area contributed by atoms with E-state index in [4.69, 9.17) is 4.98 Å². The molecule has 5 nitrogen and oxygen atoms in total. The minimum atomic E-state index is -0.117. The quantitative estimate of drug-likeness (QED) is 0.388. The molecule has 0 atom stereocenters. The van der Waals surface area contributed by atoms with Gasteiger partial charge in [-0.25, -0.2) is 4.98 Å². The largest absolute Gasteiger partial charge is 0.322 e. The third kappa shape index (κ3) is 4.32. The number of aryl methyl sites for hydroxylation is 1. The van der Waals surface area contributed by atoms with E-state index in [-0.39, 0.29) is 5.91 Å². The van der Waals surface area contributed by atoms with Gasteiger partial charge >= 0.3 is 0 Å². The van der Waals surface area contributed by atoms with Crippen LogP contribution in [-0.4, -0.2) is 28.2 Å². The number of rotatable bonds is 4. The molecule has 1 aliphatic heterocycles. The summed E-state index contributed by atoms with van der Waals surface area (Å²) in [6, 6.07) is 21.6. The van der Waals surface area contributed by atoms with Gasteiger partial charge < -0.3 is 9.62 Å². The average Bonchev–Trinajstić information content (AvgIpc) is 2.85. The number of pyridine rings is 2. The summed E-state index contributed by atoms with van der Waals surface area (Å²) < 4.78 is 2.31. The molecule has 1 aliphatic rings. The van der Waals surface area contributed by atoms with Crippen LogP contribution in [0.2, 0.25) is 0 Å². The number of hydrogen-bond acceptors (Lipinski definition) is 5. The number of carbonyl (C=O) groups is 1. The molecule has 32 heavy (non-hydrogen) atoms. The fourth-order valence-corrected chi connectivity index (χ4v) is 4.95. The van der Waals surface area contributed by atoms with Crippen molar-refractivity contribution >= 4 is 40.3 Å². The summed E-state index contributed by atoms with van der Waals surface area (Å²) in [5, 5.41) is 3.03. The van der Waals surface area contributed by atoms with Crippen molar-refractivity contribution in [2.45, 2.75) is 19.8 Å². The predicted molar refractivity (Wildman–Crippen MR) is 133 cm³/mol. The molecular weight excluding hydrogens is 416 g/mol. The van der Waals surface area contributed by atoms with E-state index in [2.05, 4.69) is 14.6 Å². The number of hydrogen-bond donors (Lipinski definition) is 1. The van der Waals surface area contributed by atoms with Crippen LogP contribution in [-0.2, 0) is 0 Å². The minimum absolute atomic E-state index is 0.117. The standard InChI is InChI=1S/C26H24N4OS/c1-18-6-9-20(17-22(18)23-12-13-24-25(29-23)5-4-14-27-24)28-26(31)19-7-10-21(11-8-19)30-15-2-3-16-32-30/h4-14,17H,2-3,15-16H2,1H3,(H,28,31). The Morgan fingerprint density at radius 2 is 1.88 bits per heavy atom. The first-order valence-electron chi connectivity index (χ1n) is 10.8. The van der Waals surface area contributed by atoms with Crippen molar-refractivity contribution in [1.29, 1.82) is 0 Å². The summed E-state index contributed by atoms with van der Waals surface area (Å²) in [5.41, 5.74) is 7.22. The second-order valence-electron chi connectivity index (χ2n) is 7.91. The first-order valence-corrected chi connectivity index (χ1v) is 11.8. The van der Waals surface area contributed by atoms with Crippen molar-refractivity contribution in [2.24, 2.45) is 0 Å². The van der Waals surface area contributed by atoms with Crippen molar-refractivity contribution in [3.05, 3.63) is 84.1 Å². The molecule has 160 valence electrons. The maximum Gasteiger partial charge on any atom is 0.255 e. The molecule has 0 saturated carbocycles. The van der Waals surface area contributed by atoms with Crippen LogP contribution in [0.3, 0.4) is 0 Å². The molecular formula is C26H24N4OS. The zero-order valence-corrected chi connectivity index (χ0v) is 18.7. The van der Waals surface area contributed by atoms with Gasteiger partial charge in [0.1, 0.15) is 0 Å². The molecule has 1 fully saturated rings. The number of nitrogens with one attached hydrogen (secondary N) is 1. The van der Waals surface area contributed by atoms with Crippen LogP contribution in [0.25, 0.3) is 22.3 Å². The molecule has 1 amide bonds. The lowest BCUT2D eigenvalue weighted by molar-refractivity contribution is 0.102. The lowest BCUT2D eigenvalue weighted by atomic mass is 10.0. The van der Waals surface area contributed by atoms with Crippen molar-refractivity contribution in [2.75, 3.05) is 21.9 Å². The van der Waals surface area contributed by atoms with E-state index in [9.17, 15) is 4.79 Å². The molecule has 0 bridgehead atoms. The fraction of sp³-hybridized carbons (Fsp3) is 0.192. The van der Waals surface area contributed by atoms with E-state index in [1.54, 1.807) is 6.20 Å². The van der Waals surface area contributed by atoms with Crippen LogP contribution in [0.1, 0.15) is 28.8 Å². The molecule has 0 spiro atoms. The molecule has 1 saturated heterocycles. The summed E-state index contributed by atoms with van der Waals surface area (Å²) >= 11 is 1.86. The first-order chi connectivity index (χ1) is 15.7. The van der Waals surface area contributed by atoms with Crippen molar-refractivity contribution in [3.63, 3.8) is 0 Å². The van der Waals surface area contributed by atoms with Crippen LogP contribution >= 0.6 is 11.9 Å². The smallest absolute Gasteiger partial charge is 0.255 e. The van der Waals surface area contributed by atoms with Crippen LogP contribution in [0.15, 0.2) is 72.9 Å². The van der Waals surface area contributed by atoms with Crippen molar-refractivity contribution < 1.29 is 4.79 Å². The molecule has 2 aromatic carbocycles. The highest BCUT2D eigenvalue weighted by molar-refractivity contribution is 8.00. The van der Waals surface area contributed by atoms with Crippen LogP contribution in [0.5, 0.6) is 0 Å². The predicted octanol–water partition coefficient (Wildman–Crippen LogP) is 6.11. The molecule has 5 rings (SSSR count). The summed E-state index contributed by atoms with van der Waals surface area (Å²) in [6.45, 7) is 3.11. The van der Waals surface area contributed by atoms with Gasteiger partial charge in [0.05, 0.1) is 16.7 Å². The number of nitrogens with zero attached hydrogens (tertiary/aromatic N) is 3. The number of benzene rings is 2.